The molecule has 0 N–H and O–H groups in total. The van der Waals surface area contributed by atoms with Crippen LogP contribution in [0.5, 0.6) is 0 Å². The molecule has 0 aliphatic carbocycles. The van der Waals surface area contributed by atoms with Gasteiger partial charge >= 0.3 is 0 Å². The molecule has 42 heavy (non-hydrogen) atoms. The van der Waals surface area contributed by atoms with E-state index in [2.05, 4.69) is 42.9 Å². The van der Waals surface area contributed by atoms with Crippen LogP contribution in [0.15, 0.2) is 24.5 Å². The summed E-state index contributed by atoms with van der Waals surface area (Å²) in [5, 5.41) is 0. The van der Waals surface area contributed by atoms with Crippen molar-refractivity contribution in [2.75, 3.05) is 0 Å². The van der Waals surface area contributed by atoms with Crippen LogP contribution < -0.4 is 4.57 Å². The van der Waals surface area contributed by atoms with Crippen LogP contribution in [0.2, 0.25) is 0 Å². The van der Waals surface area contributed by atoms with Gasteiger partial charge in [0.2, 0.25) is 0 Å². The molecule has 1 nitrogen and oxygen atoms in total. The monoisotopic (exact) mass is 585 g/mol. The summed E-state index contributed by atoms with van der Waals surface area (Å²) in [5.74, 6) is 0. The fraction of sp³-hybridized carbons (Fsp3) is 0.878. The molecule has 0 saturated carbocycles. The molecule has 1 rings (SSSR count). The highest BCUT2D eigenvalue weighted by atomic mass is 14.9. The first-order valence-electron chi connectivity index (χ1n) is 19.8. The Labute approximate surface area is 266 Å². The van der Waals surface area contributed by atoms with Crippen LogP contribution in [0.1, 0.15) is 225 Å². The van der Waals surface area contributed by atoms with Gasteiger partial charge in [0.15, 0.2) is 12.4 Å². The Bertz CT molecular complexity index is 620. The van der Waals surface area contributed by atoms with Crippen LogP contribution in [0.4, 0.5) is 0 Å². The van der Waals surface area contributed by atoms with Crippen molar-refractivity contribution in [2.45, 2.75) is 232 Å². The summed E-state index contributed by atoms with van der Waals surface area (Å²) in [7, 11) is 0. The molecule has 0 amide bonds. The van der Waals surface area contributed by atoms with E-state index in [1.54, 1.807) is 0 Å². The molecule has 0 unspecified atom stereocenters. The molecule has 0 aliphatic heterocycles. The van der Waals surface area contributed by atoms with Crippen molar-refractivity contribution >= 4 is 0 Å². The van der Waals surface area contributed by atoms with E-state index < -0.39 is 0 Å². The largest absolute Gasteiger partial charge is 0.205 e. The minimum atomic E-state index is 1.19. The van der Waals surface area contributed by atoms with Gasteiger partial charge < -0.3 is 0 Å². The predicted molar refractivity (Wildman–Crippen MR) is 189 cm³/mol. The predicted octanol–water partition coefficient (Wildman–Crippen LogP) is 14.0. The fourth-order valence-corrected chi connectivity index (χ4v) is 6.52. The van der Waals surface area contributed by atoms with Crippen molar-refractivity contribution in [1.29, 1.82) is 0 Å². The first-order valence-corrected chi connectivity index (χ1v) is 19.8. The van der Waals surface area contributed by atoms with Gasteiger partial charge in [0.05, 0.1) is 0 Å². The highest BCUT2D eigenvalue weighted by molar-refractivity contribution is 5.07. The third kappa shape index (κ3) is 28.0. The smallest absolute Gasteiger partial charge is 0.169 e. The molecular formula is C41H78N+. The number of rotatable bonds is 34. The van der Waals surface area contributed by atoms with Crippen LogP contribution in [-0.2, 0) is 13.0 Å². The molecule has 0 atom stereocenters. The summed E-state index contributed by atoms with van der Waals surface area (Å²) in [6, 6.07) is 4.74. The minimum absolute atomic E-state index is 1.19. The first kappa shape index (κ1) is 39.2. The average molecular weight is 585 g/mol. The molecule has 1 heteroatoms. The number of nitrogens with zero attached hydrogens (tertiary/aromatic N) is 1. The summed E-state index contributed by atoms with van der Waals surface area (Å²) < 4.78 is 2.40. The van der Waals surface area contributed by atoms with Gasteiger partial charge in [-0.05, 0) is 24.8 Å². The fourth-order valence-electron chi connectivity index (χ4n) is 6.52. The van der Waals surface area contributed by atoms with E-state index >= 15 is 0 Å². The lowest BCUT2D eigenvalue weighted by Gasteiger charge is -2.04. The Balaban J connectivity index is 1.81. The van der Waals surface area contributed by atoms with Gasteiger partial charge in [-0.1, -0.05) is 200 Å². The number of hydrogen-bond donors (Lipinski definition) is 0. The van der Waals surface area contributed by atoms with Crippen LogP contribution >= 0.6 is 0 Å². The third-order valence-corrected chi connectivity index (χ3v) is 9.55. The Morgan fingerprint density at radius 3 is 0.905 bits per heavy atom. The molecule has 1 aromatic rings. The normalized spacial score (nSPS) is 11.5. The van der Waals surface area contributed by atoms with Crippen molar-refractivity contribution in [3.63, 3.8) is 0 Å². The second-order valence-electron chi connectivity index (χ2n) is 13.8. The van der Waals surface area contributed by atoms with Gasteiger partial charge in [-0.3, -0.25) is 0 Å². The maximum Gasteiger partial charge on any atom is 0.169 e. The average Bonchev–Trinajstić information content (AvgIpc) is 3.01. The van der Waals surface area contributed by atoms with E-state index in [9.17, 15) is 0 Å². The van der Waals surface area contributed by atoms with E-state index in [1.165, 1.54) is 224 Å². The quantitative estimate of drug-likeness (QED) is 0.0560. The molecule has 0 bridgehead atoms. The highest BCUT2D eigenvalue weighted by Crippen LogP contribution is 2.15. The van der Waals surface area contributed by atoms with Crippen molar-refractivity contribution in [3.8, 4) is 0 Å². The van der Waals surface area contributed by atoms with Gasteiger partial charge in [-0.25, -0.2) is 4.57 Å². The van der Waals surface area contributed by atoms with E-state index in [0.29, 0.717) is 0 Å². The van der Waals surface area contributed by atoms with Gasteiger partial charge in [0.25, 0.3) is 0 Å². The van der Waals surface area contributed by atoms with Gasteiger partial charge in [0, 0.05) is 18.6 Å². The highest BCUT2D eigenvalue weighted by Gasteiger charge is 2.02. The number of unbranched alkanes of at least 4 members (excludes halogenated alkanes) is 30. The lowest BCUT2D eigenvalue weighted by atomic mass is 10.0. The maximum absolute atomic E-state index is 2.40. The molecule has 0 fully saturated rings. The van der Waals surface area contributed by atoms with Crippen LogP contribution in [0.25, 0.3) is 0 Å². The standard InChI is InChI=1S/C41H78N/c1-3-5-7-9-11-13-15-17-19-20-22-24-26-28-30-32-34-38-42-39-36-41(37-40-42)35-33-31-29-27-25-23-21-18-16-14-12-10-8-6-4-2/h36-37,39-40H,3-35,38H2,1-2H3/q+1. The van der Waals surface area contributed by atoms with Crippen molar-refractivity contribution < 1.29 is 4.57 Å². The minimum Gasteiger partial charge on any atom is -0.205 e. The lowest BCUT2D eigenvalue weighted by Crippen LogP contribution is -2.32. The molecule has 0 aromatic carbocycles. The number of pyridine rings is 1. The molecule has 0 radical (unpaired) electrons. The zero-order valence-electron chi connectivity index (χ0n) is 29.3. The molecule has 1 heterocycles. The number of aromatic nitrogens is 1. The van der Waals surface area contributed by atoms with E-state index in [0.717, 1.165) is 0 Å². The Hall–Kier alpha value is -0.850. The summed E-state index contributed by atoms with van der Waals surface area (Å²) in [6.45, 7) is 5.80. The van der Waals surface area contributed by atoms with Gasteiger partial charge in [-0.15, -0.1) is 0 Å². The zero-order valence-corrected chi connectivity index (χ0v) is 29.3. The zero-order chi connectivity index (χ0) is 30.0. The van der Waals surface area contributed by atoms with Crippen molar-refractivity contribution in [3.05, 3.63) is 30.1 Å². The van der Waals surface area contributed by atoms with E-state index in [4.69, 9.17) is 0 Å². The molecule has 0 aliphatic rings. The molecule has 246 valence electrons. The second kappa shape index (κ2) is 33.1. The van der Waals surface area contributed by atoms with Crippen LogP contribution in [0, 0.1) is 0 Å². The summed E-state index contributed by atoms with van der Waals surface area (Å²) in [6.07, 6.45) is 52.2. The Morgan fingerprint density at radius 1 is 0.333 bits per heavy atom. The Morgan fingerprint density at radius 2 is 0.595 bits per heavy atom. The first-order chi connectivity index (χ1) is 20.9. The number of hydrogen-bond acceptors (Lipinski definition) is 0. The topological polar surface area (TPSA) is 3.88 Å². The van der Waals surface area contributed by atoms with Crippen molar-refractivity contribution in [1.82, 2.24) is 0 Å². The van der Waals surface area contributed by atoms with Crippen LogP contribution in [0.3, 0.4) is 0 Å². The summed E-state index contributed by atoms with van der Waals surface area (Å²) >= 11 is 0. The molecular weight excluding hydrogens is 506 g/mol. The van der Waals surface area contributed by atoms with Crippen molar-refractivity contribution in [2.24, 2.45) is 0 Å². The lowest BCUT2D eigenvalue weighted by molar-refractivity contribution is -0.697. The van der Waals surface area contributed by atoms with E-state index in [1.807, 2.05) is 0 Å². The molecule has 0 saturated heterocycles. The maximum atomic E-state index is 2.40. The van der Waals surface area contributed by atoms with Gasteiger partial charge in [0.1, 0.15) is 6.54 Å². The third-order valence-electron chi connectivity index (χ3n) is 9.55. The SMILES string of the molecule is CCCCCCCCCCCCCCCCCCC[n+]1ccc(CCCCCCCCCCCCCCCCC)cc1. The summed E-state index contributed by atoms with van der Waals surface area (Å²) in [5.41, 5.74) is 1.53. The molecule has 1 aromatic heterocycles. The Kier molecular flexibility index (Phi) is 30.8. The van der Waals surface area contributed by atoms with Gasteiger partial charge in [-0.2, -0.15) is 0 Å². The molecule has 0 spiro atoms. The number of aryl methyl sites for hydroxylation is 2. The van der Waals surface area contributed by atoms with E-state index in [-0.39, 0.29) is 0 Å². The van der Waals surface area contributed by atoms with Crippen LogP contribution in [-0.4, -0.2) is 0 Å². The second-order valence-corrected chi connectivity index (χ2v) is 13.8. The summed E-state index contributed by atoms with van der Waals surface area (Å²) in [4.78, 5) is 0.